The summed E-state index contributed by atoms with van der Waals surface area (Å²) >= 11 is 0. The summed E-state index contributed by atoms with van der Waals surface area (Å²) in [7, 11) is 1.55. The summed E-state index contributed by atoms with van der Waals surface area (Å²) in [5.74, 6) is -0.0272. The zero-order valence-corrected chi connectivity index (χ0v) is 12.0. The van der Waals surface area contributed by atoms with Gasteiger partial charge in [-0.15, -0.1) is 0 Å². The van der Waals surface area contributed by atoms with Crippen molar-refractivity contribution in [2.75, 3.05) is 33.4 Å². The highest BCUT2D eigenvalue weighted by Gasteiger charge is 2.16. The van der Waals surface area contributed by atoms with Gasteiger partial charge in [0, 0.05) is 18.7 Å². The molecular formula is C14H21N3O4. The first kappa shape index (κ1) is 16.9. The van der Waals surface area contributed by atoms with Crippen LogP contribution in [0.5, 0.6) is 5.75 Å². The molecule has 1 aromatic carbocycles. The van der Waals surface area contributed by atoms with Gasteiger partial charge < -0.3 is 25.8 Å². The molecule has 0 aliphatic carbocycles. The molecule has 7 heteroatoms. The lowest BCUT2D eigenvalue weighted by Crippen LogP contribution is -2.42. The first-order valence-electron chi connectivity index (χ1n) is 6.59. The number of hydrogen-bond acceptors (Lipinski definition) is 5. The van der Waals surface area contributed by atoms with Gasteiger partial charge in [0.05, 0.1) is 26.8 Å². The van der Waals surface area contributed by atoms with E-state index in [9.17, 15) is 9.59 Å². The summed E-state index contributed by atoms with van der Waals surface area (Å²) in [6.07, 6.45) is 0. The standard InChI is InChI=1S/C14H21N3O4/c1-21-12-5-3-2-4-11(12)10-17(6-7-18)14(20)9-16-13(19)8-15/h2-5,18H,6-10,15H2,1H3,(H,16,19). The minimum Gasteiger partial charge on any atom is -0.496 e. The molecule has 0 radical (unpaired) electrons. The molecule has 0 aliphatic rings. The highest BCUT2D eigenvalue weighted by Crippen LogP contribution is 2.19. The number of nitrogens with two attached hydrogens (primary N) is 1. The van der Waals surface area contributed by atoms with Crippen molar-refractivity contribution in [1.82, 2.24) is 10.2 Å². The normalized spacial score (nSPS) is 10.0. The van der Waals surface area contributed by atoms with Gasteiger partial charge >= 0.3 is 0 Å². The summed E-state index contributed by atoms with van der Waals surface area (Å²) in [5.41, 5.74) is 5.99. The predicted octanol–water partition coefficient (Wildman–Crippen LogP) is -0.909. The quantitative estimate of drug-likeness (QED) is 0.576. The molecule has 1 aromatic rings. The number of aliphatic hydroxyl groups excluding tert-OH is 1. The van der Waals surface area contributed by atoms with Crippen LogP contribution in [0, 0.1) is 0 Å². The topological polar surface area (TPSA) is 105 Å². The van der Waals surface area contributed by atoms with Gasteiger partial charge in [0.25, 0.3) is 0 Å². The van der Waals surface area contributed by atoms with Crippen molar-refractivity contribution in [2.24, 2.45) is 5.73 Å². The smallest absolute Gasteiger partial charge is 0.242 e. The number of aliphatic hydroxyl groups is 1. The molecular weight excluding hydrogens is 274 g/mol. The monoisotopic (exact) mass is 295 g/mol. The van der Waals surface area contributed by atoms with Crippen LogP contribution in [0.15, 0.2) is 24.3 Å². The first-order chi connectivity index (χ1) is 10.1. The fourth-order valence-corrected chi connectivity index (χ4v) is 1.81. The van der Waals surface area contributed by atoms with Crippen LogP contribution >= 0.6 is 0 Å². The minimum atomic E-state index is -0.399. The number of hydrogen-bond donors (Lipinski definition) is 3. The van der Waals surface area contributed by atoms with E-state index in [1.54, 1.807) is 13.2 Å². The number of carbonyl (C=O) groups excluding carboxylic acids is 2. The average Bonchev–Trinajstić information content (AvgIpc) is 2.52. The summed E-state index contributed by atoms with van der Waals surface area (Å²) in [6.45, 7) is -0.00598. The Morgan fingerprint density at radius 3 is 2.71 bits per heavy atom. The van der Waals surface area contributed by atoms with E-state index in [0.29, 0.717) is 12.3 Å². The number of amides is 2. The van der Waals surface area contributed by atoms with Crippen LogP contribution < -0.4 is 15.8 Å². The lowest BCUT2D eigenvalue weighted by atomic mass is 10.2. The Bertz CT molecular complexity index is 479. The van der Waals surface area contributed by atoms with E-state index in [4.69, 9.17) is 15.6 Å². The molecule has 0 spiro atoms. The second kappa shape index (κ2) is 8.93. The number of benzene rings is 1. The third kappa shape index (κ3) is 5.41. The molecule has 2 amide bonds. The van der Waals surface area contributed by atoms with Crippen LogP contribution in [0.25, 0.3) is 0 Å². The number of nitrogens with one attached hydrogen (secondary N) is 1. The van der Waals surface area contributed by atoms with E-state index in [1.165, 1.54) is 4.90 Å². The van der Waals surface area contributed by atoms with Gasteiger partial charge in [-0.25, -0.2) is 0 Å². The Balaban J connectivity index is 2.72. The molecule has 7 nitrogen and oxygen atoms in total. The number of methoxy groups -OCH3 is 1. The van der Waals surface area contributed by atoms with Crippen LogP contribution in [0.3, 0.4) is 0 Å². The largest absolute Gasteiger partial charge is 0.496 e. The van der Waals surface area contributed by atoms with Crippen molar-refractivity contribution in [3.05, 3.63) is 29.8 Å². The minimum absolute atomic E-state index is 0.148. The maximum absolute atomic E-state index is 12.1. The molecule has 0 saturated carbocycles. The summed E-state index contributed by atoms with van der Waals surface area (Å²) < 4.78 is 5.23. The van der Waals surface area contributed by atoms with Crippen molar-refractivity contribution < 1.29 is 19.4 Å². The van der Waals surface area contributed by atoms with E-state index in [-0.39, 0.29) is 32.1 Å². The molecule has 116 valence electrons. The van der Waals surface area contributed by atoms with E-state index in [0.717, 1.165) is 5.56 Å². The van der Waals surface area contributed by atoms with E-state index in [1.807, 2.05) is 18.2 Å². The van der Waals surface area contributed by atoms with Crippen LogP contribution in [0.1, 0.15) is 5.56 Å². The van der Waals surface area contributed by atoms with Gasteiger partial charge in [-0.05, 0) is 6.07 Å². The number of para-hydroxylation sites is 1. The SMILES string of the molecule is COc1ccccc1CN(CCO)C(=O)CNC(=O)CN. The second-order valence-electron chi connectivity index (χ2n) is 4.33. The highest BCUT2D eigenvalue weighted by molar-refractivity contribution is 5.85. The average molecular weight is 295 g/mol. The molecule has 0 heterocycles. The number of carbonyl (C=O) groups is 2. The molecule has 1 rings (SSSR count). The molecule has 0 aliphatic heterocycles. The Morgan fingerprint density at radius 2 is 2.10 bits per heavy atom. The van der Waals surface area contributed by atoms with Gasteiger partial charge in [-0.1, -0.05) is 18.2 Å². The molecule has 0 fully saturated rings. The van der Waals surface area contributed by atoms with Gasteiger partial charge in [0.1, 0.15) is 5.75 Å². The van der Waals surface area contributed by atoms with E-state index in [2.05, 4.69) is 5.32 Å². The molecule has 21 heavy (non-hydrogen) atoms. The second-order valence-corrected chi connectivity index (χ2v) is 4.33. The lowest BCUT2D eigenvalue weighted by molar-refractivity contribution is -0.133. The van der Waals surface area contributed by atoms with Gasteiger partial charge in [0.2, 0.25) is 11.8 Å². The predicted molar refractivity (Wildman–Crippen MR) is 77.6 cm³/mol. The summed E-state index contributed by atoms with van der Waals surface area (Å²) in [4.78, 5) is 24.6. The number of nitrogens with zero attached hydrogens (tertiary/aromatic N) is 1. The number of rotatable bonds is 8. The van der Waals surface area contributed by atoms with Crippen LogP contribution in [0.2, 0.25) is 0 Å². The van der Waals surface area contributed by atoms with Crippen molar-refractivity contribution >= 4 is 11.8 Å². The maximum Gasteiger partial charge on any atom is 0.242 e. The summed E-state index contributed by atoms with van der Waals surface area (Å²) in [5, 5.41) is 11.5. The first-order valence-corrected chi connectivity index (χ1v) is 6.59. The highest BCUT2D eigenvalue weighted by atomic mass is 16.5. The molecule has 0 aromatic heterocycles. The maximum atomic E-state index is 12.1. The Labute approximate surface area is 123 Å². The van der Waals surface area contributed by atoms with Gasteiger partial charge in [-0.2, -0.15) is 0 Å². The van der Waals surface area contributed by atoms with Crippen molar-refractivity contribution in [3.63, 3.8) is 0 Å². The van der Waals surface area contributed by atoms with Gasteiger partial charge in [-0.3, -0.25) is 9.59 Å². The third-order valence-electron chi connectivity index (χ3n) is 2.90. The molecule has 0 atom stereocenters. The van der Waals surface area contributed by atoms with Crippen molar-refractivity contribution in [1.29, 1.82) is 0 Å². The fourth-order valence-electron chi connectivity index (χ4n) is 1.81. The zero-order chi connectivity index (χ0) is 15.7. The Hall–Kier alpha value is -2.12. The molecule has 0 bridgehead atoms. The molecule has 0 unspecified atom stereocenters. The third-order valence-corrected chi connectivity index (χ3v) is 2.90. The zero-order valence-electron chi connectivity index (χ0n) is 12.0. The lowest BCUT2D eigenvalue weighted by Gasteiger charge is -2.23. The fraction of sp³-hybridized carbons (Fsp3) is 0.429. The van der Waals surface area contributed by atoms with Crippen molar-refractivity contribution in [2.45, 2.75) is 6.54 Å². The Kier molecular flexibility index (Phi) is 7.20. The molecule has 4 N–H and O–H groups in total. The van der Waals surface area contributed by atoms with Crippen LogP contribution in [0.4, 0.5) is 0 Å². The van der Waals surface area contributed by atoms with Crippen LogP contribution in [-0.4, -0.2) is 55.2 Å². The summed E-state index contributed by atoms with van der Waals surface area (Å²) in [6, 6.07) is 7.32. The van der Waals surface area contributed by atoms with Crippen molar-refractivity contribution in [3.8, 4) is 5.75 Å². The molecule has 0 saturated heterocycles. The Morgan fingerprint density at radius 1 is 1.38 bits per heavy atom. The van der Waals surface area contributed by atoms with E-state index < -0.39 is 5.91 Å². The van der Waals surface area contributed by atoms with E-state index >= 15 is 0 Å². The van der Waals surface area contributed by atoms with Crippen LogP contribution in [-0.2, 0) is 16.1 Å². The number of ether oxygens (including phenoxy) is 1. The van der Waals surface area contributed by atoms with Gasteiger partial charge in [0.15, 0.2) is 0 Å².